The Kier molecular flexibility index (Phi) is 3.46. The maximum atomic E-state index is 12.2. The molecule has 0 aromatic heterocycles. The van der Waals surface area contributed by atoms with Gasteiger partial charge in [0.1, 0.15) is 0 Å². The van der Waals surface area contributed by atoms with E-state index in [1.54, 1.807) is 18.2 Å². The molecular weight excluding hydrogens is 283 g/mol. The first-order valence-electron chi connectivity index (χ1n) is 6.57. The van der Waals surface area contributed by atoms with E-state index in [9.17, 15) is 4.79 Å². The zero-order valence-electron chi connectivity index (χ0n) is 10.5. The molecule has 1 aromatic rings. The first-order valence-corrected chi connectivity index (χ1v) is 7.32. The van der Waals surface area contributed by atoms with Crippen LogP contribution < -0.4 is 10.6 Å². The van der Waals surface area contributed by atoms with Gasteiger partial charge in [-0.15, -0.1) is 0 Å². The molecule has 1 spiro atoms. The second-order valence-electron chi connectivity index (χ2n) is 5.50. The summed E-state index contributed by atoms with van der Waals surface area (Å²) in [6.07, 6.45) is 3.39. The second-order valence-corrected chi connectivity index (χ2v) is 6.37. The molecule has 2 N–H and O–H groups in total. The minimum atomic E-state index is -0.0789. The number of amides is 1. The van der Waals surface area contributed by atoms with Crippen molar-refractivity contribution >= 4 is 29.1 Å². The van der Waals surface area contributed by atoms with E-state index in [2.05, 4.69) is 10.6 Å². The molecule has 1 aliphatic heterocycles. The van der Waals surface area contributed by atoms with Crippen LogP contribution in [-0.4, -0.2) is 25.0 Å². The van der Waals surface area contributed by atoms with E-state index in [1.807, 2.05) is 0 Å². The number of hydrogen-bond donors (Lipinski definition) is 2. The van der Waals surface area contributed by atoms with Gasteiger partial charge < -0.3 is 10.6 Å². The van der Waals surface area contributed by atoms with Gasteiger partial charge >= 0.3 is 0 Å². The van der Waals surface area contributed by atoms with E-state index in [0.29, 0.717) is 27.1 Å². The predicted octanol–water partition coefficient (Wildman–Crippen LogP) is 2.87. The molecule has 0 radical (unpaired) electrons. The van der Waals surface area contributed by atoms with Crippen LogP contribution in [0.4, 0.5) is 0 Å². The molecule has 2 fully saturated rings. The standard InChI is InChI=1S/C14H16Cl2N2O/c15-10-5-9(6-11(16)7-10)13(19)18-12-8-14(12)1-3-17-4-2-14/h5-7,12,17H,1-4,8H2,(H,18,19). The van der Waals surface area contributed by atoms with Crippen molar-refractivity contribution in [2.24, 2.45) is 5.41 Å². The average Bonchev–Trinajstić information content (AvgIpc) is 3.00. The smallest absolute Gasteiger partial charge is 0.251 e. The molecule has 1 aliphatic carbocycles. The van der Waals surface area contributed by atoms with Crippen LogP contribution in [0.1, 0.15) is 29.6 Å². The number of benzene rings is 1. The fraction of sp³-hybridized carbons (Fsp3) is 0.500. The quantitative estimate of drug-likeness (QED) is 0.881. The molecule has 1 atom stereocenters. The predicted molar refractivity (Wildman–Crippen MR) is 76.9 cm³/mol. The van der Waals surface area contributed by atoms with Gasteiger partial charge in [-0.1, -0.05) is 23.2 Å². The molecule has 0 bridgehead atoms. The number of halogens is 2. The molecule has 1 unspecified atom stereocenters. The summed E-state index contributed by atoms with van der Waals surface area (Å²) in [4.78, 5) is 12.2. The molecule has 1 amide bonds. The Morgan fingerprint density at radius 1 is 1.21 bits per heavy atom. The fourth-order valence-electron chi connectivity index (χ4n) is 2.96. The third-order valence-electron chi connectivity index (χ3n) is 4.22. The minimum absolute atomic E-state index is 0.0789. The molecule has 2 aliphatic rings. The van der Waals surface area contributed by atoms with E-state index in [1.165, 1.54) is 0 Å². The Labute approximate surface area is 122 Å². The maximum absolute atomic E-state index is 12.2. The van der Waals surface area contributed by atoms with Crippen LogP contribution >= 0.6 is 23.2 Å². The molecule has 3 nitrogen and oxygen atoms in total. The lowest BCUT2D eigenvalue weighted by Gasteiger charge is -2.23. The molecule has 102 valence electrons. The first-order chi connectivity index (χ1) is 9.09. The third-order valence-corrected chi connectivity index (χ3v) is 4.66. The summed E-state index contributed by atoms with van der Waals surface area (Å²) in [5, 5.41) is 7.44. The van der Waals surface area contributed by atoms with Crippen molar-refractivity contribution in [3.05, 3.63) is 33.8 Å². The monoisotopic (exact) mass is 298 g/mol. The summed E-state index contributed by atoms with van der Waals surface area (Å²) >= 11 is 11.8. The molecular formula is C14H16Cl2N2O. The number of rotatable bonds is 2. The molecule has 5 heteroatoms. The molecule has 1 saturated carbocycles. The summed E-state index contributed by atoms with van der Waals surface area (Å²) in [7, 11) is 0. The van der Waals surface area contributed by atoms with Gasteiger partial charge in [0.2, 0.25) is 0 Å². The first kappa shape index (κ1) is 13.2. The highest BCUT2D eigenvalue weighted by molar-refractivity contribution is 6.35. The molecule has 1 saturated heterocycles. The number of hydrogen-bond acceptors (Lipinski definition) is 2. The Morgan fingerprint density at radius 2 is 1.84 bits per heavy atom. The molecule has 1 aromatic carbocycles. The van der Waals surface area contributed by atoms with Crippen molar-refractivity contribution in [2.75, 3.05) is 13.1 Å². The summed E-state index contributed by atoms with van der Waals surface area (Å²) in [5.41, 5.74) is 0.872. The average molecular weight is 299 g/mol. The summed E-state index contributed by atoms with van der Waals surface area (Å²) < 4.78 is 0. The number of piperidine rings is 1. The highest BCUT2D eigenvalue weighted by Crippen LogP contribution is 2.52. The van der Waals surface area contributed by atoms with E-state index in [4.69, 9.17) is 23.2 Å². The van der Waals surface area contributed by atoms with Crippen LogP contribution in [0.5, 0.6) is 0 Å². The van der Waals surface area contributed by atoms with Gasteiger partial charge in [0.25, 0.3) is 5.91 Å². The maximum Gasteiger partial charge on any atom is 0.251 e. The van der Waals surface area contributed by atoms with E-state index < -0.39 is 0 Å². The Balaban J connectivity index is 1.66. The van der Waals surface area contributed by atoms with Gasteiger partial charge in [0.15, 0.2) is 0 Å². The molecule has 19 heavy (non-hydrogen) atoms. The summed E-state index contributed by atoms with van der Waals surface area (Å²) in [5.74, 6) is -0.0789. The zero-order chi connectivity index (χ0) is 13.5. The normalized spacial score (nSPS) is 24.2. The lowest BCUT2D eigenvalue weighted by atomic mass is 9.94. The third kappa shape index (κ3) is 2.73. The number of nitrogens with one attached hydrogen (secondary N) is 2. The van der Waals surface area contributed by atoms with E-state index in [0.717, 1.165) is 32.4 Å². The van der Waals surface area contributed by atoms with Crippen molar-refractivity contribution in [3.8, 4) is 0 Å². The molecule has 3 rings (SSSR count). The minimum Gasteiger partial charge on any atom is -0.349 e. The van der Waals surface area contributed by atoms with Gasteiger partial charge in [-0.3, -0.25) is 4.79 Å². The lowest BCUT2D eigenvalue weighted by Crippen LogP contribution is -2.36. The number of carbonyl (C=O) groups is 1. The van der Waals surface area contributed by atoms with Crippen LogP contribution in [0, 0.1) is 5.41 Å². The van der Waals surface area contributed by atoms with Crippen molar-refractivity contribution in [3.63, 3.8) is 0 Å². The molecule has 1 heterocycles. The van der Waals surface area contributed by atoms with Crippen LogP contribution in [0.25, 0.3) is 0 Å². The Bertz CT molecular complexity index is 492. The van der Waals surface area contributed by atoms with Crippen LogP contribution in [0.3, 0.4) is 0 Å². The van der Waals surface area contributed by atoms with Crippen LogP contribution in [0.15, 0.2) is 18.2 Å². The van der Waals surface area contributed by atoms with Gasteiger partial charge in [0, 0.05) is 21.7 Å². The summed E-state index contributed by atoms with van der Waals surface area (Å²) in [6, 6.07) is 5.24. The lowest BCUT2D eigenvalue weighted by molar-refractivity contribution is 0.0942. The fourth-order valence-corrected chi connectivity index (χ4v) is 3.48. The Hall–Kier alpha value is -0.770. The van der Waals surface area contributed by atoms with Gasteiger partial charge in [0.05, 0.1) is 0 Å². The zero-order valence-corrected chi connectivity index (χ0v) is 12.0. The largest absolute Gasteiger partial charge is 0.349 e. The number of carbonyl (C=O) groups excluding carboxylic acids is 1. The highest BCUT2D eigenvalue weighted by atomic mass is 35.5. The van der Waals surface area contributed by atoms with Crippen molar-refractivity contribution in [2.45, 2.75) is 25.3 Å². The highest BCUT2D eigenvalue weighted by Gasteiger charge is 2.54. The van der Waals surface area contributed by atoms with Crippen molar-refractivity contribution in [1.29, 1.82) is 0 Å². The van der Waals surface area contributed by atoms with Crippen LogP contribution in [-0.2, 0) is 0 Å². The Morgan fingerprint density at radius 3 is 2.47 bits per heavy atom. The van der Waals surface area contributed by atoms with Crippen molar-refractivity contribution in [1.82, 2.24) is 10.6 Å². The summed E-state index contributed by atoms with van der Waals surface area (Å²) in [6.45, 7) is 2.10. The van der Waals surface area contributed by atoms with Crippen molar-refractivity contribution < 1.29 is 4.79 Å². The van der Waals surface area contributed by atoms with Gasteiger partial charge in [-0.25, -0.2) is 0 Å². The van der Waals surface area contributed by atoms with Crippen LogP contribution in [0.2, 0.25) is 10.0 Å². The van der Waals surface area contributed by atoms with Gasteiger partial charge in [-0.05, 0) is 56.0 Å². The van der Waals surface area contributed by atoms with Gasteiger partial charge in [-0.2, -0.15) is 0 Å². The van der Waals surface area contributed by atoms with E-state index >= 15 is 0 Å². The SMILES string of the molecule is O=C(NC1CC12CCNCC2)c1cc(Cl)cc(Cl)c1. The second kappa shape index (κ2) is 4.97. The topological polar surface area (TPSA) is 41.1 Å². The van der Waals surface area contributed by atoms with E-state index in [-0.39, 0.29) is 5.91 Å².